The highest BCUT2D eigenvalue weighted by molar-refractivity contribution is 7.98. The van der Waals surface area contributed by atoms with Gasteiger partial charge in [0.15, 0.2) is 0 Å². The summed E-state index contributed by atoms with van der Waals surface area (Å²) in [6, 6.07) is 7.12. The number of carbonyl (C=O) groups excluding carboxylic acids is 3. The first-order valence-electron chi connectivity index (χ1n) is 16.8. The fourth-order valence-corrected chi connectivity index (χ4v) is 6.34. The van der Waals surface area contributed by atoms with Gasteiger partial charge in [0.1, 0.15) is 6.04 Å². The average Bonchev–Trinajstić information content (AvgIpc) is 3.04. The Balaban J connectivity index is 1.75. The smallest absolute Gasteiger partial charge is 0.242 e. The number of thioether (sulfide) groups is 1. The van der Waals surface area contributed by atoms with Crippen LogP contribution in [0.15, 0.2) is 24.3 Å². The van der Waals surface area contributed by atoms with E-state index in [-0.39, 0.29) is 17.7 Å². The normalized spacial score (nSPS) is 15.7. The van der Waals surface area contributed by atoms with Gasteiger partial charge in [-0.05, 0) is 87.9 Å². The van der Waals surface area contributed by atoms with Crippen LogP contribution in [0.5, 0.6) is 0 Å². The minimum atomic E-state index is -0.686. The van der Waals surface area contributed by atoms with Crippen molar-refractivity contribution in [3.8, 4) is 0 Å². The van der Waals surface area contributed by atoms with E-state index in [1.54, 1.807) is 11.8 Å². The van der Waals surface area contributed by atoms with Gasteiger partial charge >= 0.3 is 0 Å². The molecule has 1 fully saturated rings. The summed E-state index contributed by atoms with van der Waals surface area (Å²) in [4.78, 5) is 38.0. The molecule has 0 unspecified atom stereocenters. The maximum Gasteiger partial charge on any atom is 0.242 e. The van der Waals surface area contributed by atoms with Crippen molar-refractivity contribution in [1.29, 1.82) is 0 Å². The van der Waals surface area contributed by atoms with Crippen LogP contribution < -0.4 is 38.9 Å². The molecule has 11 heteroatoms. The number of unbranched alkanes of at least 4 members (excludes halogenated alkanes) is 3. The zero-order valence-electron chi connectivity index (χ0n) is 26.7. The van der Waals surface area contributed by atoms with Crippen LogP contribution in [0.2, 0.25) is 0 Å². The van der Waals surface area contributed by atoms with Gasteiger partial charge in [0, 0.05) is 24.6 Å². The van der Waals surface area contributed by atoms with Crippen LogP contribution >= 0.6 is 11.8 Å². The highest BCUT2D eigenvalue weighted by Crippen LogP contribution is 2.32. The van der Waals surface area contributed by atoms with Gasteiger partial charge < -0.3 is 38.9 Å². The van der Waals surface area contributed by atoms with Gasteiger partial charge in [-0.15, -0.1) is 0 Å². The third kappa shape index (κ3) is 15.7. The molecule has 0 aliphatic heterocycles. The predicted molar refractivity (Wildman–Crippen MR) is 182 cm³/mol. The highest BCUT2D eigenvalue weighted by atomic mass is 32.2. The molecule has 0 bridgehead atoms. The van der Waals surface area contributed by atoms with Crippen LogP contribution in [0.4, 0.5) is 0 Å². The fraction of sp³-hybridized carbons (Fsp3) is 0.727. The number of nitrogens with one attached hydrogen (secondary N) is 3. The van der Waals surface area contributed by atoms with E-state index in [4.69, 9.17) is 22.9 Å². The molecule has 0 spiro atoms. The Labute approximate surface area is 269 Å². The summed E-state index contributed by atoms with van der Waals surface area (Å²) in [6.45, 7) is 2.11. The minimum Gasteiger partial charge on any atom is -0.355 e. The number of benzene rings is 1. The predicted octanol–water partition coefficient (Wildman–Crippen LogP) is 2.77. The van der Waals surface area contributed by atoms with E-state index in [2.05, 4.69) is 40.2 Å². The van der Waals surface area contributed by atoms with Gasteiger partial charge in [0.05, 0.1) is 12.1 Å². The van der Waals surface area contributed by atoms with Crippen molar-refractivity contribution in [2.45, 2.75) is 120 Å². The number of hydrogen-bond acceptors (Lipinski definition) is 8. The second-order valence-corrected chi connectivity index (χ2v) is 13.2. The molecular formula is C33H59N7O3S. The highest BCUT2D eigenvalue weighted by Gasteiger charge is 2.23. The molecule has 11 N–H and O–H groups in total. The van der Waals surface area contributed by atoms with E-state index in [1.165, 1.54) is 43.2 Å². The van der Waals surface area contributed by atoms with Crippen LogP contribution in [0, 0.1) is 0 Å². The maximum atomic E-state index is 13.1. The zero-order valence-corrected chi connectivity index (χ0v) is 27.5. The standard InChI is InChI=1S/C33H59N7O3S/c34-19-7-4-12-28(36)31(41)38-21-9-6-14-30(40-32(42)29(37)13-5-8-20-35)33(43)39-22-23-44-24-25-15-17-27(18-16-25)26-10-2-1-3-11-26/h15-18,26,28-30H,1-14,19-24,34-37H2,(H,38,41)(H,39,43)(H,40,42)/t28-,29-,30-/m0/s1. The van der Waals surface area contributed by atoms with E-state index in [0.717, 1.165) is 37.2 Å². The Morgan fingerprint density at radius 3 is 1.95 bits per heavy atom. The van der Waals surface area contributed by atoms with Crippen LogP contribution in [0.3, 0.4) is 0 Å². The molecule has 2 rings (SSSR count). The number of hydrogen-bond donors (Lipinski definition) is 7. The first-order valence-corrected chi connectivity index (χ1v) is 17.9. The zero-order chi connectivity index (χ0) is 32.0. The van der Waals surface area contributed by atoms with Crippen molar-refractivity contribution in [2.24, 2.45) is 22.9 Å². The second kappa shape index (κ2) is 23.2. The molecule has 0 saturated heterocycles. The van der Waals surface area contributed by atoms with Gasteiger partial charge in [-0.3, -0.25) is 14.4 Å². The van der Waals surface area contributed by atoms with E-state index in [0.29, 0.717) is 64.2 Å². The lowest BCUT2D eigenvalue weighted by Crippen LogP contribution is -2.51. The Morgan fingerprint density at radius 2 is 1.32 bits per heavy atom. The second-order valence-electron chi connectivity index (χ2n) is 12.1. The Bertz CT molecular complexity index is 944. The SMILES string of the molecule is NCCCC[C@H](N)C(=O)NCCCC[C@H](NC(=O)[C@@H](N)CCCCN)C(=O)NCCSCc1ccc(C2CCCCC2)cc1. The molecule has 3 atom stereocenters. The molecule has 10 nitrogen and oxygen atoms in total. The molecule has 1 aromatic carbocycles. The molecular weight excluding hydrogens is 574 g/mol. The first-order chi connectivity index (χ1) is 21.3. The van der Waals surface area contributed by atoms with E-state index in [1.807, 2.05) is 0 Å². The molecule has 0 heterocycles. The van der Waals surface area contributed by atoms with E-state index >= 15 is 0 Å². The van der Waals surface area contributed by atoms with Crippen molar-refractivity contribution >= 4 is 29.5 Å². The van der Waals surface area contributed by atoms with Crippen molar-refractivity contribution in [3.05, 3.63) is 35.4 Å². The van der Waals surface area contributed by atoms with Crippen LogP contribution in [0.25, 0.3) is 0 Å². The number of rotatable bonds is 23. The van der Waals surface area contributed by atoms with Gasteiger partial charge in [-0.2, -0.15) is 11.8 Å². The summed E-state index contributed by atoms with van der Waals surface area (Å²) in [5.41, 5.74) is 25.8. The summed E-state index contributed by atoms with van der Waals surface area (Å²) in [7, 11) is 0. The van der Waals surface area contributed by atoms with Crippen molar-refractivity contribution < 1.29 is 14.4 Å². The molecule has 1 aliphatic carbocycles. The van der Waals surface area contributed by atoms with E-state index in [9.17, 15) is 14.4 Å². The third-order valence-corrected chi connectivity index (χ3v) is 9.36. The Kier molecular flexibility index (Phi) is 20.0. The molecule has 3 amide bonds. The van der Waals surface area contributed by atoms with Crippen molar-refractivity contribution in [1.82, 2.24) is 16.0 Å². The van der Waals surface area contributed by atoms with Crippen LogP contribution in [-0.2, 0) is 20.1 Å². The lowest BCUT2D eigenvalue weighted by molar-refractivity contribution is -0.129. The van der Waals surface area contributed by atoms with Gasteiger partial charge in [0.2, 0.25) is 17.7 Å². The van der Waals surface area contributed by atoms with Crippen LogP contribution in [-0.4, -0.2) is 67.8 Å². The summed E-state index contributed by atoms with van der Waals surface area (Å²) < 4.78 is 0. The average molecular weight is 634 g/mol. The molecule has 250 valence electrons. The number of carbonyl (C=O) groups is 3. The molecule has 1 saturated carbocycles. The number of nitrogens with two attached hydrogens (primary N) is 4. The molecule has 1 aromatic rings. The maximum absolute atomic E-state index is 13.1. The van der Waals surface area contributed by atoms with Crippen molar-refractivity contribution in [3.63, 3.8) is 0 Å². The monoisotopic (exact) mass is 633 g/mol. The largest absolute Gasteiger partial charge is 0.355 e. The van der Waals surface area contributed by atoms with Gasteiger partial charge in [-0.25, -0.2) is 0 Å². The number of amides is 3. The summed E-state index contributed by atoms with van der Waals surface area (Å²) in [6.07, 6.45) is 12.8. The molecule has 0 radical (unpaired) electrons. The molecule has 1 aliphatic rings. The summed E-state index contributed by atoms with van der Waals surface area (Å²) in [5, 5.41) is 8.71. The third-order valence-electron chi connectivity index (χ3n) is 8.33. The van der Waals surface area contributed by atoms with E-state index < -0.39 is 18.1 Å². The molecule has 44 heavy (non-hydrogen) atoms. The summed E-state index contributed by atoms with van der Waals surface area (Å²) >= 11 is 1.78. The lowest BCUT2D eigenvalue weighted by Gasteiger charge is -2.22. The minimum absolute atomic E-state index is 0.175. The Morgan fingerprint density at radius 1 is 0.727 bits per heavy atom. The lowest BCUT2D eigenvalue weighted by atomic mass is 9.84. The quantitative estimate of drug-likeness (QED) is 0.0895. The molecule has 0 aromatic heterocycles. The first kappa shape index (κ1) is 38.0. The van der Waals surface area contributed by atoms with Gasteiger partial charge in [-0.1, -0.05) is 56.4 Å². The van der Waals surface area contributed by atoms with Crippen molar-refractivity contribution in [2.75, 3.05) is 31.9 Å². The van der Waals surface area contributed by atoms with Crippen LogP contribution in [0.1, 0.15) is 107 Å². The Hall–Kier alpha value is -2.18. The fourth-order valence-electron chi connectivity index (χ4n) is 5.52. The summed E-state index contributed by atoms with van der Waals surface area (Å²) in [5.74, 6) is 1.66. The van der Waals surface area contributed by atoms with Gasteiger partial charge in [0.25, 0.3) is 0 Å². The topological polar surface area (TPSA) is 191 Å².